The zero-order chi connectivity index (χ0) is 8.27. The van der Waals surface area contributed by atoms with Crippen LogP contribution in [0.4, 0.5) is 0 Å². The van der Waals surface area contributed by atoms with E-state index in [1.165, 1.54) is 0 Å². The first-order valence-corrected chi connectivity index (χ1v) is 3.31. The number of hydrogen-bond acceptors (Lipinski definition) is 2. The van der Waals surface area contributed by atoms with Crippen LogP contribution < -0.4 is 0 Å². The molecule has 1 N–H and O–H groups in total. The Kier molecular flexibility index (Phi) is 2.07. The standard InChI is InChI=1S/C8H9N3/c1-6(2)8-5-7(3-4-9)10-11-8/h5H,1,3H2,2H3,(H,10,11). The molecule has 56 valence electrons. The molecule has 0 saturated carbocycles. The van der Waals surface area contributed by atoms with Crippen molar-refractivity contribution in [2.24, 2.45) is 0 Å². The number of aromatic nitrogens is 2. The highest BCUT2D eigenvalue weighted by molar-refractivity contribution is 5.57. The molecule has 0 radical (unpaired) electrons. The lowest BCUT2D eigenvalue weighted by Crippen LogP contribution is -1.78. The van der Waals surface area contributed by atoms with Crippen molar-refractivity contribution >= 4 is 5.57 Å². The van der Waals surface area contributed by atoms with Gasteiger partial charge >= 0.3 is 0 Å². The summed E-state index contributed by atoms with van der Waals surface area (Å²) in [7, 11) is 0. The van der Waals surface area contributed by atoms with Gasteiger partial charge in [-0.15, -0.1) is 0 Å². The van der Waals surface area contributed by atoms with E-state index in [1.54, 1.807) is 0 Å². The van der Waals surface area contributed by atoms with Crippen molar-refractivity contribution in [1.82, 2.24) is 10.2 Å². The minimum absolute atomic E-state index is 0.375. The minimum Gasteiger partial charge on any atom is -0.281 e. The maximum absolute atomic E-state index is 8.35. The number of nitriles is 1. The van der Waals surface area contributed by atoms with E-state index in [4.69, 9.17) is 5.26 Å². The largest absolute Gasteiger partial charge is 0.281 e. The zero-order valence-corrected chi connectivity index (χ0v) is 6.39. The zero-order valence-electron chi connectivity index (χ0n) is 6.39. The lowest BCUT2D eigenvalue weighted by atomic mass is 10.2. The second kappa shape index (κ2) is 3.02. The Bertz CT molecular complexity index is 303. The van der Waals surface area contributed by atoms with Gasteiger partial charge < -0.3 is 0 Å². The van der Waals surface area contributed by atoms with Crippen molar-refractivity contribution < 1.29 is 0 Å². The summed E-state index contributed by atoms with van der Waals surface area (Å²) in [4.78, 5) is 0. The molecule has 0 aliphatic heterocycles. The topological polar surface area (TPSA) is 52.5 Å². The summed E-state index contributed by atoms with van der Waals surface area (Å²) in [5, 5.41) is 15.1. The summed E-state index contributed by atoms with van der Waals surface area (Å²) in [6.45, 7) is 5.61. The van der Waals surface area contributed by atoms with Gasteiger partial charge in [0, 0.05) is 5.69 Å². The third-order valence-corrected chi connectivity index (χ3v) is 1.34. The molecule has 0 atom stereocenters. The molecule has 0 aromatic carbocycles. The van der Waals surface area contributed by atoms with E-state index in [0.29, 0.717) is 6.42 Å². The van der Waals surface area contributed by atoms with Crippen LogP contribution in [-0.4, -0.2) is 10.2 Å². The van der Waals surface area contributed by atoms with Crippen molar-refractivity contribution in [2.45, 2.75) is 13.3 Å². The monoisotopic (exact) mass is 147 g/mol. The predicted octanol–water partition coefficient (Wildman–Crippen LogP) is 1.51. The van der Waals surface area contributed by atoms with E-state index in [2.05, 4.69) is 16.8 Å². The molecule has 0 aliphatic rings. The van der Waals surface area contributed by atoms with Crippen LogP contribution in [0, 0.1) is 11.3 Å². The molecule has 1 aromatic heterocycles. The maximum Gasteiger partial charge on any atom is 0.0874 e. The van der Waals surface area contributed by atoms with Crippen LogP contribution >= 0.6 is 0 Å². The van der Waals surface area contributed by atoms with Crippen molar-refractivity contribution in [2.75, 3.05) is 0 Å². The summed E-state index contributed by atoms with van der Waals surface area (Å²) in [6.07, 6.45) is 0.375. The molecular weight excluding hydrogens is 138 g/mol. The van der Waals surface area contributed by atoms with Gasteiger partial charge in [0.15, 0.2) is 0 Å². The Morgan fingerprint density at radius 1 is 1.91 bits per heavy atom. The molecule has 0 unspecified atom stereocenters. The van der Waals surface area contributed by atoms with Crippen LogP contribution in [0.2, 0.25) is 0 Å². The van der Waals surface area contributed by atoms with Crippen LogP contribution in [0.3, 0.4) is 0 Å². The van der Waals surface area contributed by atoms with E-state index in [0.717, 1.165) is 17.0 Å². The number of aromatic amines is 1. The van der Waals surface area contributed by atoms with E-state index in [1.807, 2.05) is 19.1 Å². The van der Waals surface area contributed by atoms with Crippen LogP contribution in [0.25, 0.3) is 5.57 Å². The van der Waals surface area contributed by atoms with Crippen LogP contribution in [0.1, 0.15) is 18.3 Å². The van der Waals surface area contributed by atoms with Gasteiger partial charge in [0.2, 0.25) is 0 Å². The second-order valence-corrected chi connectivity index (χ2v) is 2.39. The highest BCUT2D eigenvalue weighted by Crippen LogP contribution is 2.08. The second-order valence-electron chi connectivity index (χ2n) is 2.39. The molecule has 1 heterocycles. The Morgan fingerprint density at radius 2 is 2.64 bits per heavy atom. The summed E-state index contributed by atoms with van der Waals surface area (Å²) < 4.78 is 0. The fourth-order valence-corrected chi connectivity index (χ4v) is 0.756. The van der Waals surface area contributed by atoms with Crippen LogP contribution in [0.5, 0.6) is 0 Å². The third-order valence-electron chi connectivity index (χ3n) is 1.34. The molecule has 0 aliphatic carbocycles. The molecule has 0 fully saturated rings. The molecular formula is C8H9N3. The molecule has 0 bridgehead atoms. The molecule has 3 heteroatoms. The van der Waals surface area contributed by atoms with Crippen LogP contribution in [-0.2, 0) is 6.42 Å². The summed E-state index contributed by atoms with van der Waals surface area (Å²) in [6, 6.07) is 3.87. The highest BCUT2D eigenvalue weighted by atomic mass is 15.1. The lowest BCUT2D eigenvalue weighted by molar-refractivity contribution is 1.01. The Hall–Kier alpha value is -1.56. The van der Waals surface area contributed by atoms with Crippen LogP contribution in [0.15, 0.2) is 12.6 Å². The number of allylic oxidation sites excluding steroid dienone is 1. The third kappa shape index (κ3) is 1.68. The Labute approximate surface area is 65.4 Å². The van der Waals surface area contributed by atoms with Crippen molar-refractivity contribution in [1.29, 1.82) is 5.26 Å². The van der Waals surface area contributed by atoms with E-state index >= 15 is 0 Å². The number of rotatable bonds is 2. The highest BCUT2D eigenvalue weighted by Gasteiger charge is 1.99. The first kappa shape index (κ1) is 7.55. The normalized spacial score (nSPS) is 9.09. The average molecular weight is 147 g/mol. The quantitative estimate of drug-likeness (QED) is 0.689. The van der Waals surface area contributed by atoms with Gasteiger partial charge in [-0.2, -0.15) is 10.4 Å². The Morgan fingerprint density at radius 3 is 3.09 bits per heavy atom. The van der Waals surface area contributed by atoms with E-state index < -0.39 is 0 Å². The Balaban J connectivity index is 2.83. The first-order valence-electron chi connectivity index (χ1n) is 3.31. The minimum atomic E-state index is 0.375. The smallest absolute Gasteiger partial charge is 0.0874 e. The maximum atomic E-state index is 8.35. The predicted molar refractivity (Wildman–Crippen MR) is 42.6 cm³/mol. The van der Waals surface area contributed by atoms with Gasteiger partial charge in [-0.3, -0.25) is 5.10 Å². The molecule has 11 heavy (non-hydrogen) atoms. The van der Waals surface area contributed by atoms with Gasteiger partial charge in [0.05, 0.1) is 18.2 Å². The van der Waals surface area contributed by atoms with E-state index in [9.17, 15) is 0 Å². The number of hydrogen-bond donors (Lipinski definition) is 1. The molecule has 3 nitrogen and oxygen atoms in total. The first-order chi connectivity index (χ1) is 5.24. The summed E-state index contributed by atoms with van der Waals surface area (Å²) >= 11 is 0. The molecule has 0 amide bonds. The number of H-pyrrole nitrogens is 1. The SMILES string of the molecule is C=C(C)c1cc(CC#N)[nH]n1. The van der Waals surface area contributed by atoms with Gasteiger partial charge in [0.25, 0.3) is 0 Å². The fourth-order valence-electron chi connectivity index (χ4n) is 0.756. The number of nitrogens with zero attached hydrogens (tertiary/aromatic N) is 2. The van der Waals surface area contributed by atoms with Crippen molar-refractivity contribution in [3.8, 4) is 6.07 Å². The molecule has 0 saturated heterocycles. The lowest BCUT2D eigenvalue weighted by Gasteiger charge is -1.85. The van der Waals surface area contributed by atoms with E-state index in [-0.39, 0.29) is 0 Å². The van der Waals surface area contributed by atoms with Crippen molar-refractivity contribution in [3.63, 3.8) is 0 Å². The van der Waals surface area contributed by atoms with Crippen molar-refractivity contribution in [3.05, 3.63) is 24.0 Å². The fraction of sp³-hybridized carbons (Fsp3) is 0.250. The summed E-state index contributed by atoms with van der Waals surface area (Å²) in [5.41, 5.74) is 2.58. The molecule has 0 spiro atoms. The number of nitrogens with one attached hydrogen (secondary N) is 1. The van der Waals surface area contributed by atoms with Gasteiger partial charge in [-0.05, 0) is 18.6 Å². The molecule has 1 rings (SSSR count). The van der Waals surface area contributed by atoms with Gasteiger partial charge in [-0.1, -0.05) is 6.58 Å². The average Bonchev–Trinajstić information content (AvgIpc) is 2.37. The summed E-state index contributed by atoms with van der Waals surface area (Å²) in [5.74, 6) is 0. The van der Waals surface area contributed by atoms with Gasteiger partial charge in [-0.25, -0.2) is 0 Å². The van der Waals surface area contributed by atoms with Gasteiger partial charge in [0.1, 0.15) is 0 Å². The molecule has 1 aromatic rings.